The number of hydrogen-bond acceptors (Lipinski definition) is 13. The van der Waals surface area contributed by atoms with Crippen LogP contribution in [0.2, 0.25) is 0 Å². The molecule has 0 aliphatic carbocycles. The Morgan fingerprint density at radius 2 is 1.21 bits per heavy atom. The number of benzene rings is 2. The van der Waals surface area contributed by atoms with Crippen molar-refractivity contribution in [1.82, 2.24) is 0 Å². The van der Waals surface area contributed by atoms with Crippen LogP contribution in [0.3, 0.4) is 0 Å². The highest BCUT2D eigenvalue weighted by Crippen LogP contribution is 2.39. The van der Waals surface area contributed by atoms with Crippen LogP contribution in [0, 0.1) is 0 Å². The van der Waals surface area contributed by atoms with Crippen molar-refractivity contribution >= 4 is 11.9 Å². The summed E-state index contributed by atoms with van der Waals surface area (Å²) in [5.74, 6) is -6.65. The number of methoxy groups -OCH3 is 1. The molecule has 2 aromatic carbocycles. The molecule has 5 atom stereocenters. The fourth-order valence-electron chi connectivity index (χ4n) is 3.70. The summed E-state index contributed by atoms with van der Waals surface area (Å²) in [6, 6.07) is 3.53. The summed E-state index contributed by atoms with van der Waals surface area (Å²) in [5.41, 5.74) is -0.585. The van der Waals surface area contributed by atoms with E-state index in [1.807, 2.05) is 0 Å². The molecule has 0 saturated carbocycles. The molecule has 2 aliphatic heterocycles. The van der Waals surface area contributed by atoms with Gasteiger partial charge >= 0.3 is 11.9 Å². The average molecular weight is 480 g/mol. The van der Waals surface area contributed by atoms with E-state index in [9.17, 15) is 40.2 Å². The number of ether oxygens (including phenoxy) is 5. The summed E-state index contributed by atoms with van der Waals surface area (Å²) < 4.78 is 27.4. The van der Waals surface area contributed by atoms with E-state index in [-0.39, 0.29) is 17.7 Å². The zero-order chi connectivity index (χ0) is 24.7. The van der Waals surface area contributed by atoms with Gasteiger partial charge in [-0.25, -0.2) is 9.59 Å². The molecule has 4 rings (SSSR count). The van der Waals surface area contributed by atoms with Crippen molar-refractivity contribution in [1.29, 1.82) is 0 Å². The van der Waals surface area contributed by atoms with Crippen LogP contribution in [-0.2, 0) is 23.7 Å². The van der Waals surface area contributed by atoms with Crippen molar-refractivity contribution in [2.75, 3.05) is 13.7 Å². The number of hydrogen-bond donors (Lipinski definition) is 6. The van der Waals surface area contributed by atoms with E-state index in [0.29, 0.717) is 0 Å². The first-order chi connectivity index (χ1) is 16.1. The summed E-state index contributed by atoms with van der Waals surface area (Å²) in [4.78, 5) is 25.3. The van der Waals surface area contributed by atoms with Crippen LogP contribution in [0.15, 0.2) is 24.3 Å². The van der Waals surface area contributed by atoms with Gasteiger partial charge in [-0.1, -0.05) is 0 Å². The van der Waals surface area contributed by atoms with E-state index in [1.165, 1.54) is 7.11 Å². The second-order valence-electron chi connectivity index (χ2n) is 7.54. The zero-order valence-electron chi connectivity index (χ0n) is 17.4. The lowest BCUT2D eigenvalue weighted by Gasteiger charge is -2.38. The van der Waals surface area contributed by atoms with Crippen LogP contribution < -0.4 is 0 Å². The highest BCUT2D eigenvalue weighted by atomic mass is 16.8. The van der Waals surface area contributed by atoms with Gasteiger partial charge in [-0.3, -0.25) is 0 Å². The molecule has 0 unspecified atom stereocenters. The lowest BCUT2D eigenvalue weighted by molar-refractivity contribution is -0.234. The first-order valence-corrected chi connectivity index (χ1v) is 9.82. The van der Waals surface area contributed by atoms with Gasteiger partial charge in [-0.2, -0.15) is 0 Å². The minimum atomic E-state index is -1.26. The van der Waals surface area contributed by atoms with Crippen molar-refractivity contribution in [2.24, 2.45) is 0 Å². The Bertz CT molecular complexity index is 998. The standard InChI is InChI=1S/C21H20O13/c1-30-17-16(33-19(28)7-2-9(22)14(26)10(23)3-7)13-6-31-21(32-13)18(17)34-20(29)8-4-11(24)15(27)12(25)5-8/h2-5,13,16-18,21-27H,6H2,1H3/t13-,16-,17+,18-,21+/m1/s1. The van der Waals surface area contributed by atoms with Crippen LogP contribution in [0.1, 0.15) is 20.7 Å². The highest BCUT2D eigenvalue weighted by molar-refractivity contribution is 5.92. The molecule has 2 fully saturated rings. The molecule has 0 amide bonds. The molecule has 2 heterocycles. The number of phenolic OH excluding ortho intramolecular Hbond substituents is 6. The van der Waals surface area contributed by atoms with E-state index in [0.717, 1.165) is 24.3 Å². The third kappa shape index (κ3) is 4.07. The Labute approximate surface area is 190 Å². The van der Waals surface area contributed by atoms with Crippen LogP contribution in [-0.4, -0.2) is 87.0 Å². The van der Waals surface area contributed by atoms with Gasteiger partial charge in [0.1, 0.15) is 12.2 Å². The van der Waals surface area contributed by atoms with E-state index in [4.69, 9.17) is 23.7 Å². The largest absolute Gasteiger partial charge is 0.504 e. The van der Waals surface area contributed by atoms with E-state index < -0.39 is 77.1 Å². The fraction of sp³-hybridized carbons (Fsp3) is 0.333. The second kappa shape index (κ2) is 8.78. The maximum atomic E-state index is 12.7. The number of phenols is 6. The lowest BCUT2D eigenvalue weighted by atomic mass is 10.00. The molecule has 182 valence electrons. The van der Waals surface area contributed by atoms with Crippen molar-refractivity contribution in [2.45, 2.75) is 30.7 Å². The third-order valence-electron chi connectivity index (χ3n) is 5.39. The normalized spacial score (nSPS) is 25.6. The summed E-state index contributed by atoms with van der Waals surface area (Å²) in [5, 5.41) is 57.5. The Hall–Kier alpha value is -3.94. The Balaban J connectivity index is 1.56. The third-order valence-corrected chi connectivity index (χ3v) is 5.39. The first kappa shape index (κ1) is 23.2. The molecule has 0 spiro atoms. The molecule has 0 radical (unpaired) electrons. The number of carbonyl (C=O) groups is 2. The smallest absolute Gasteiger partial charge is 0.338 e. The Morgan fingerprint density at radius 3 is 1.65 bits per heavy atom. The van der Waals surface area contributed by atoms with Gasteiger partial charge in [0.15, 0.2) is 53.0 Å². The Kier molecular flexibility index (Phi) is 6.00. The predicted octanol–water partition coefficient (Wildman–Crippen LogP) is 0.441. The van der Waals surface area contributed by atoms with Gasteiger partial charge in [0, 0.05) is 7.11 Å². The van der Waals surface area contributed by atoms with Gasteiger partial charge in [0.25, 0.3) is 0 Å². The zero-order valence-corrected chi connectivity index (χ0v) is 17.4. The quantitative estimate of drug-likeness (QED) is 0.254. The Morgan fingerprint density at radius 1 is 0.765 bits per heavy atom. The average Bonchev–Trinajstić information content (AvgIpc) is 3.24. The first-order valence-electron chi connectivity index (χ1n) is 9.82. The van der Waals surface area contributed by atoms with Crippen molar-refractivity contribution in [3.05, 3.63) is 35.4 Å². The highest BCUT2D eigenvalue weighted by Gasteiger charge is 2.55. The van der Waals surface area contributed by atoms with E-state index in [1.54, 1.807) is 0 Å². The number of rotatable bonds is 5. The summed E-state index contributed by atoms with van der Waals surface area (Å²) in [6.45, 7) is -0.0383. The molecule has 6 N–H and O–H groups in total. The van der Waals surface area contributed by atoms with Crippen molar-refractivity contribution in [3.63, 3.8) is 0 Å². The van der Waals surface area contributed by atoms with Gasteiger partial charge in [-0.05, 0) is 24.3 Å². The maximum Gasteiger partial charge on any atom is 0.338 e. The number of esters is 2. The summed E-state index contributed by atoms with van der Waals surface area (Å²) in [6.07, 6.45) is -5.37. The molecular formula is C21H20O13. The lowest BCUT2D eigenvalue weighted by Crippen LogP contribution is -2.57. The molecule has 2 aromatic rings. The molecule has 2 aliphatic rings. The summed E-state index contributed by atoms with van der Waals surface area (Å²) >= 11 is 0. The monoisotopic (exact) mass is 480 g/mol. The number of aromatic hydroxyl groups is 6. The van der Waals surface area contributed by atoms with Gasteiger partial charge in [-0.15, -0.1) is 0 Å². The van der Waals surface area contributed by atoms with Crippen LogP contribution in [0.4, 0.5) is 0 Å². The van der Waals surface area contributed by atoms with Crippen LogP contribution in [0.5, 0.6) is 34.5 Å². The van der Waals surface area contributed by atoms with Crippen LogP contribution in [0.25, 0.3) is 0 Å². The maximum absolute atomic E-state index is 12.7. The van der Waals surface area contributed by atoms with Crippen molar-refractivity contribution in [3.8, 4) is 34.5 Å². The summed E-state index contributed by atoms with van der Waals surface area (Å²) in [7, 11) is 1.27. The van der Waals surface area contributed by atoms with Gasteiger partial charge in [0.2, 0.25) is 0 Å². The minimum absolute atomic E-state index is 0.0383. The molecule has 2 saturated heterocycles. The SMILES string of the molecule is CO[C@@H]1[C@@H](OC(=O)c2cc(O)c(O)c(O)c2)[C@H]2OC[C@@H](O2)[C@H]1OC(=O)c1cc(O)c(O)c(O)c1. The number of carbonyl (C=O) groups excluding carboxylic acids is 2. The molecule has 0 aromatic heterocycles. The van der Waals surface area contributed by atoms with E-state index >= 15 is 0 Å². The minimum Gasteiger partial charge on any atom is -0.504 e. The van der Waals surface area contributed by atoms with E-state index in [2.05, 4.69) is 0 Å². The molecule has 2 bridgehead atoms. The number of fused-ring (bicyclic) bond motifs is 2. The fourth-order valence-corrected chi connectivity index (χ4v) is 3.70. The topological polar surface area (TPSA) is 202 Å². The molecule has 34 heavy (non-hydrogen) atoms. The van der Waals surface area contributed by atoms with Gasteiger partial charge < -0.3 is 54.3 Å². The molecule has 13 nitrogen and oxygen atoms in total. The molecular weight excluding hydrogens is 460 g/mol. The molecule has 13 heteroatoms. The van der Waals surface area contributed by atoms with Crippen LogP contribution >= 0.6 is 0 Å². The van der Waals surface area contributed by atoms with Crippen molar-refractivity contribution < 1.29 is 63.9 Å². The second-order valence-corrected chi connectivity index (χ2v) is 7.54. The predicted molar refractivity (Wildman–Crippen MR) is 107 cm³/mol. The van der Waals surface area contributed by atoms with Gasteiger partial charge in [0.05, 0.1) is 17.7 Å².